The van der Waals surface area contributed by atoms with Crippen molar-refractivity contribution in [3.63, 3.8) is 0 Å². The van der Waals surface area contributed by atoms with Gasteiger partial charge >= 0.3 is 0 Å². The van der Waals surface area contributed by atoms with Crippen molar-refractivity contribution in [1.29, 1.82) is 0 Å². The van der Waals surface area contributed by atoms with Crippen LogP contribution in [0.2, 0.25) is 0 Å². The van der Waals surface area contributed by atoms with Crippen LogP contribution in [0.5, 0.6) is 0 Å². The predicted octanol–water partition coefficient (Wildman–Crippen LogP) is 1.56. The van der Waals surface area contributed by atoms with Crippen molar-refractivity contribution in [3.05, 3.63) is 29.3 Å². The Labute approximate surface area is 68.7 Å². The van der Waals surface area contributed by atoms with Gasteiger partial charge in [0.2, 0.25) is 0 Å². The standard InChI is InChI=1S/C8H7N2S/c9-5-8-10-6-3-1-2-4-7(6)11-8/h1,3-4H,5,9H2. The lowest BCUT2D eigenvalue weighted by molar-refractivity contribution is 1.05. The molecule has 0 aliphatic rings. The Morgan fingerprint density at radius 1 is 1.64 bits per heavy atom. The number of thiazole rings is 1. The van der Waals surface area contributed by atoms with Gasteiger partial charge in [0, 0.05) is 6.54 Å². The first-order valence-electron chi connectivity index (χ1n) is 3.36. The van der Waals surface area contributed by atoms with E-state index in [0.717, 1.165) is 15.2 Å². The zero-order valence-electron chi connectivity index (χ0n) is 5.87. The molecule has 0 spiro atoms. The second-order valence-electron chi connectivity index (χ2n) is 2.21. The van der Waals surface area contributed by atoms with E-state index in [2.05, 4.69) is 11.1 Å². The zero-order chi connectivity index (χ0) is 7.68. The van der Waals surface area contributed by atoms with E-state index in [1.54, 1.807) is 11.3 Å². The summed E-state index contributed by atoms with van der Waals surface area (Å²) in [4.78, 5) is 4.30. The Hall–Kier alpha value is -0.930. The fourth-order valence-electron chi connectivity index (χ4n) is 0.952. The maximum Gasteiger partial charge on any atom is 0.107 e. The molecule has 0 fully saturated rings. The Kier molecular flexibility index (Phi) is 1.60. The van der Waals surface area contributed by atoms with Gasteiger partial charge in [-0.15, -0.1) is 11.3 Å². The first-order chi connectivity index (χ1) is 5.40. The van der Waals surface area contributed by atoms with Crippen LogP contribution >= 0.6 is 11.3 Å². The molecule has 2 rings (SSSR count). The number of benzene rings is 1. The number of rotatable bonds is 1. The largest absolute Gasteiger partial charge is 0.325 e. The van der Waals surface area contributed by atoms with Crippen LogP contribution in [0.4, 0.5) is 0 Å². The van der Waals surface area contributed by atoms with Crippen LogP contribution in [0.3, 0.4) is 0 Å². The minimum atomic E-state index is 0.527. The molecule has 1 aromatic carbocycles. The molecule has 2 aromatic rings. The second kappa shape index (κ2) is 2.60. The fourth-order valence-corrected chi connectivity index (χ4v) is 1.78. The van der Waals surface area contributed by atoms with Crippen LogP contribution in [0.15, 0.2) is 18.2 Å². The Morgan fingerprint density at radius 2 is 2.55 bits per heavy atom. The van der Waals surface area contributed by atoms with E-state index in [4.69, 9.17) is 5.73 Å². The molecule has 0 aliphatic heterocycles. The Bertz CT molecular complexity index is 334. The lowest BCUT2D eigenvalue weighted by Gasteiger charge is -1.80. The summed E-state index contributed by atoms with van der Waals surface area (Å²) in [5.74, 6) is 0. The molecule has 2 nitrogen and oxygen atoms in total. The third-order valence-electron chi connectivity index (χ3n) is 1.45. The molecule has 55 valence electrons. The number of hydrogen-bond acceptors (Lipinski definition) is 3. The first-order valence-corrected chi connectivity index (χ1v) is 4.17. The van der Waals surface area contributed by atoms with Crippen LogP contribution in [-0.2, 0) is 6.54 Å². The average molecular weight is 163 g/mol. The number of aromatic nitrogens is 1. The van der Waals surface area contributed by atoms with Crippen molar-refractivity contribution >= 4 is 21.6 Å². The van der Waals surface area contributed by atoms with Crippen LogP contribution in [-0.4, -0.2) is 4.98 Å². The molecule has 3 heteroatoms. The lowest BCUT2D eigenvalue weighted by atomic mass is 10.3. The van der Waals surface area contributed by atoms with Crippen molar-refractivity contribution in [3.8, 4) is 0 Å². The summed E-state index contributed by atoms with van der Waals surface area (Å²) in [6, 6.07) is 8.75. The third-order valence-corrected chi connectivity index (χ3v) is 2.49. The molecule has 2 N–H and O–H groups in total. The topological polar surface area (TPSA) is 38.9 Å². The molecule has 1 heterocycles. The molecule has 0 saturated carbocycles. The van der Waals surface area contributed by atoms with E-state index in [1.807, 2.05) is 18.2 Å². The van der Waals surface area contributed by atoms with Gasteiger partial charge < -0.3 is 5.73 Å². The SMILES string of the molecule is NCc1nc2cc[c]cc2s1. The van der Waals surface area contributed by atoms with Crippen molar-refractivity contribution in [1.82, 2.24) is 4.98 Å². The van der Waals surface area contributed by atoms with E-state index >= 15 is 0 Å². The summed E-state index contributed by atoms with van der Waals surface area (Å²) in [5, 5.41) is 0.986. The first kappa shape index (κ1) is 6.76. The summed E-state index contributed by atoms with van der Waals surface area (Å²) in [5.41, 5.74) is 6.47. The number of nitrogens with zero attached hydrogens (tertiary/aromatic N) is 1. The van der Waals surface area contributed by atoms with Crippen molar-refractivity contribution < 1.29 is 0 Å². The highest BCUT2D eigenvalue weighted by Gasteiger charge is 1.99. The van der Waals surface area contributed by atoms with Gasteiger partial charge in [-0.25, -0.2) is 4.98 Å². The third kappa shape index (κ3) is 1.13. The quantitative estimate of drug-likeness (QED) is 0.692. The van der Waals surface area contributed by atoms with Crippen LogP contribution in [0.1, 0.15) is 5.01 Å². The minimum Gasteiger partial charge on any atom is -0.325 e. The maximum absolute atomic E-state index is 5.45. The molecule has 1 radical (unpaired) electrons. The molecular formula is C8H7N2S. The normalized spacial score (nSPS) is 10.6. The number of fused-ring (bicyclic) bond motifs is 1. The molecule has 0 aliphatic carbocycles. The van der Waals surface area contributed by atoms with Gasteiger partial charge in [0.1, 0.15) is 5.01 Å². The average Bonchev–Trinajstić information content (AvgIpc) is 2.46. The second-order valence-corrected chi connectivity index (χ2v) is 3.32. The van der Waals surface area contributed by atoms with E-state index < -0.39 is 0 Å². The Morgan fingerprint density at radius 3 is 3.27 bits per heavy atom. The summed E-state index contributed by atoms with van der Waals surface area (Å²) >= 11 is 1.63. The van der Waals surface area contributed by atoms with Crippen LogP contribution in [0.25, 0.3) is 10.2 Å². The van der Waals surface area contributed by atoms with Crippen molar-refractivity contribution in [2.24, 2.45) is 5.73 Å². The van der Waals surface area contributed by atoms with Gasteiger partial charge in [0.25, 0.3) is 0 Å². The van der Waals surface area contributed by atoms with Gasteiger partial charge in [0.15, 0.2) is 0 Å². The molecule has 11 heavy (non-hydrogen) atoms. The molecule has 1 aromatic heterocycles. The molecule has 0 saturated heterocycles. The molecule has 0 amide bonds. The highest BCUT2D eigenvalue weighted by molar-refractivity contribution is 7.18. The fraction of sp³-hybridized carbons (Fsp3) is 0.125. The highest BCUT2D eigenvalue weighted by atomic mass is 32.1. The monoisotopic (exact) mass is 163 g/mol. The minimum absolute atomic E-state index is 0.527. The summed E-state index contributed by atoms with van der Waals surface area (Å²) in [6.07, 6.45) is 0. The van der Waals surface area contributed by atoms with E-state index in [9.17, 15) is 0 Å². The Balaban J connectivity index is 2.69. The van der Waals surface area contributed by atoms with E-state index in [1.165, 1.54) is 0 Å². The van der Waals surface area contributed by atoms with Gasteiger partial charge in [0.05, 0.1) is 10.2 Å². The van der Waals surface area contributed by atoms with Gasteiger partial charge in [-0.2, -0.15) is 0 Å². The highest BCUT2D eigenvalue weighted by Crippen LogP contribution is 2.20. The van der Waals surface area contributed by atoms with Crippen molar-refractivity contribution in [2.75, 3.05) is 0 Å². The van der Waals surface area contributed by atoms with Crippen LogP contribution in [0, 0.1) is 6.07 Å². The molecule has 0 unspecified atom stereocenters. The molecule has 0 atom stereocenters. The summed E-state index contributed by atoms with van der Waals surface area (Å²) < 4.78 is 1.16. The smallest absolute Gasteiger partial charge is 0.107 e. The molecular weight excluding hydrogens is 156 g/mol. The van der Waals surface area contributed by atoms with E-state index in [0.29, 0.717) is 6.54 Å². The van der Waals surface area contributed by atoms with Crippen LogP contribution < -0.4 is 5.73 Å². The zero-order valence-corrected chi connectivity index (χ0v) is 6.69. The van der Waals surface area contributed by atoms with Crippen molar-refractivity contribution in [2.45, 2.75) is 6.54 Å². The van der Waals surface area contributed by atoms with Gasteiger partial charge in [-0.05, 0) is 18.2 Å². The lowest BCUT2D eigenvalue weighted by Crippen LogP contribution is -1.93. The number of nitrogens with two attached hydrogens (primary N) is 1. The summed E-state index contributed by atoms with van der Waals surface area (Å²) in [6.45, 7) is 0.527. The maximum atomic E-state index is 5.45. The van der Waals surface area contributed by atoms with E-state index in [-0.39, 0.29) is 0 Å². The summed E-state index contributed by atoms with van der Waals surface area (Å²) in [7, 11) is 0. The number of hydrogen-bond donors (Lipinski definition) is 1. The van der Waals surface area contributed by atoms with Gasteiger partial charge in [-0.1, -0.05) is 6.07 Å². The predicted molar refractivity (Wildman–Crippen MR) is 46.3 cm³/mol. The molecule has 0 bridgehead atoms. The van der Waals surface area contributed by atoms with Gasteiger partial charge in [-0.3, -0.25) is 0 Å².